The largest absolute Gasteiger partial charge is 0.493 e. The Balaban J connectivity index is 0.000000148. The molecule has 0 spiro atoms. The highest BCUT2D eigenvalue weighted by Crippen LogP contribution is 2.52. The normalized spacial score (nSPS) is 16.4. The highest BCUT2D eigenvalue weighted by atomic mass is 19.1. The molecule has 0 bridgehead atoms. The summed E-state index contributed by atoms with van der Waals surface area (Å²) in [6.07, 6.45) is 8.92. The number of carbonyl (C=O) groups excluding carboxylic acids is 7. The van der Waals surface area contributed by atoms with E-state index in [0.717, 1.165) is 91.6 Å². The van der Waals surface area contributed by atoms with Gasteiger partial charge in [0.15, 0.2) is 104 Å². The van der Waals surface area contributed by atoms with E-state index < -0.39 is 39.5 Å². The number of morpholine rings is 3. The first-order valence-electron chi connectivity index (χ1n) is 48.2. The van der Waals surface area contributed by atoms with Gasteiger partial charge in [-0.1, -0.05) is 61.0 Å². The molecular formula is C110H111F6N9O19. The lowest BCUT2D eigenvalue weighted by molar-refractivity contribution is -0.147. The summed E-state index contributed by atoms with van der Waals surface area (Å²) in [6.45, 7) is 12.9. The fourth-order valence-electron chi connectivity index (χ4n) is 18.3. The maximum Gasteiger partial charge on any atom is 0.262 e. The number of nitrogens with one attached hydrogen (secondary N) is 2. The van der Waals surface area contributed by atoms with Crippen molar-refractivity contribution < 1.29 is 117 Å². The van der Waals surface area contributed by atoms with Crippen molar-refractivity contribution in [2.45, 2.75) is 95.9 Å². The first-order valence-corrected chi connectivity index (χ1v) is 48.2. The molecule has 4 saturated heterocycles. The third-order valence-corrected chi connectivity index (χ3v) is 27.2. The van der Waals surface area contributed by atoms with Crippen molar-refractivity contribution in [3.05, 3.63) is 269 Å². The summed E-state index contributed by atoms with van der Waals surface area (Å²) in [5.41, 5.74) is 8.19. The molecule has 0 atom stereocenters. The van der Waals surface area contributed by atoms with Crippen LogP contribution in [0.4, 0.5) is 26.3 Å². The van der Waals surface area contributed by atoms with Gasteiger partial charge in [0.05, 0.1) is 100 Å². The van der Waals surface area contributed by atoms with Crippen LogP contribution >= 0.6 is 0 Å². The monoisotopic (exact) mass is 1980 g/mol. The molecule has 7 heterocycles. The van der Waals surface area contributed by atoms with Crippen molar-refractivity contribution >= 4 is 73.3 Å². The van der Waals surface area contributed by atoms with Gasteiger partial charge in [-0.2, -0.15) is 0 Å². The maximum absolute atomic E-state index is 15.4. The zero-order valence-electron chi connectivity index (χ0n) is 80.1. The van der Waals surface area contributed by atoms with Crippen LogP contribution in [0.2, 0.25) is 0 Å². The van der Waals surface area contributed by atoms with Crippen molar-refractivity contribution in [1.82, 2.24) is 45.6 Å². The van der Waals surface area contributed by atoms with Crippen LogP contribution < -0.4 is 53.5 Å². The number of hydrazine groups is 2. The molecule has 7 fully saturated rings. The van der Waals surface area contributed by atoms with Crippen molar-refractivity contribution in [2.75, 3.05) is 146 Å². The lowest BCUT2D eigenvalue weighted by Crippen LogP contribution is -2.61. The molecule has 3 aromatic heterocycles. The average Bonchev–Trinajstić information content (AvgIpc) is 1.64. The number of halogens is 6. The van der Waals surface area contributed by atoms with Crippen LogP contribution in [0.3, 0.4) is 0 Å². The van der Waals surface area contributed by atoms with Gasteiger partial charge in [-0.25, -0.2) is 36.8 Å². The Hall–Kier alpha value is -13.8. The molecule has 9 aromatic carbocycles. The number of ether oxygens (including phenoxy) is 12. The molecule has 144 heavy (non-hydrogen) atoms. The molecule has 1 amide bonds. The van der Waals surface area contributed by atoms with Crippen LogP contribution in [-0.2, 0) is 86.3 Å². The summed E-state index contributed by atoms with van der Waals surface area (Å²) in [5, 5.41) is 5.44. The van der Waals surface area contributed by atoms with Gasteiger partial charge in [0.2, 0.25) is 0 Å². The number of fused-ring (bicyclic) bond motifs is 3. The molecule has 12 aromatic rings. The number of carbonyl (C=O) groups is 7. The standard InChI is InChI=1S/C38H39F2N3O6.C37H39F2N3O6.C35H33F2N3O7/c1-46-34-21-29-31(22-35(34)48-17-12-42-23-28(24-42)43-13-15-47-16-14-43)41-11-8-32(29)49-33-7-4-26(18-30(33)40)20-37(45)38(9-10-38)36(44)19-25-2-5-27(39)6-3-25;1-45-33-23-28-30(24-34(33)47-17-3-13-41-42-15-18-46-19-16-42)40-14-10-31(28)48-32-9-6-26(20-29(32)39)22-36(44)37(11-2-12-37)35(43)21-25-4-7-27(38)8-5-25;1-44-30-19-25-27(20-31(30)46-14-12-39-40-13-15-45-21-34(40)43)38-11-8-28(25)47-29-7-4-23(16-26(29)37)18-33(42)35(9-10-35)32(41)17-22-2-5-24(36)6-3-22/h2-8,11,18,21-22,28H,9-10,12-17,19-20,23-24H2,1H3;4-10,14,20,23-24,41H,2-3,11-13,15-19,21-22H2,1H3;2-8,11,16,19-20,39H,9-10,12-15,17-18,21H2,1H3. The number of rotatable bonds is 43. The molecule has 0 radical (unpaired) electrons. The first kappa shape index (κ1) is 102. The number of methoxy groups -OCH3 is 3. The van der Waals surface area contributed by atoms with E-state index in [4.69, 9.17) is 56.8 Å². The van der Waals surface area contributed by atoms with Gasteiger partial charge in [-0.3, -0.25) is 68.7 Å². The molecule has 3 aliphatic carbocycles. The minimum atomic E-state index is -1.09. The zero-order valence-corrected chi connectivity index (χ0v) is 80.1. The number of Topliss-reactive ketones (excluding diaryl/α,β-unsaturated/α-hetero) is 6. The van der Waals surface area contributed by atoms with Crippen LogP contribution in [0.5, 0.6) is 69.0 Å². The lowest BCUT2D eigenvalue weighted by Gasteiger charge is -2.46. The number of nitrogens with zero attached hydrogens (tertiary/aromatic N) is 7. The molecule has 19 rings (SSSR count). The van der Waals surface area contributed by atoms with E-state index in [1.165, 1.54) is 103 Å². The van der Waals surface area contributed by atoms with E-state index in [0.29, 0.717) is 195 Å². The summed E-state index contributed by atoms with van der Waals surface area (Å²) >= 11 is 0. The average molecular weight is 1980 g/mol. The number of hydrogen-bond acceptors (Lipinski definition) is 27. The second-order valence-corrected chi connectivity index (χ2v) is 36.6. The summed E-state index contributed by atoms with van der Waals surface area (Å²) in [6, 6.07) is 46.1. The number of likely N-dealkylation sites (tertiary alicyclic amines) is 1. The van der Waals surface area contributed by atoms with Crippen LogP contribution in [0.15, 0.2) is 201 Å². The minimum Gasteiger partial charge on any atom is -0.493 e. The van der Waals surface area contributed by atoms with Crippen LogP contribution in [0.25, 0.3) is 32.7 Å². The Bertz CT molecular complexity index is 6660. The van der Waals surface area contributed by atoms with Crippen LogP contribution in [-0.4, -0.2) is 228 Å². The summed E-state index contributed by atoms with van der Waals surface area (Å²) in [7, 11) is 4.61. The van der Waals surface area contributed by atoms with E-state index in [-0.39, 0.29) is 121 Å². The molecule has 28 nitrogen and oxygen atoms in total. The Morgan fingerprint density at radius 3 is 1.08 bits per heavy atom. The summed E-state index contributed by atoms with van der Waals surface area (Å²) in [5.74, 6) is -0.562. The zero-order chi connectivity index (χ0) is 100. The van der Waals surface area contributed by atoms with Crippen molar-refractivity contribution in [2.24, 2.45) is 16.2 Å². The topological polar surface area (TPSA) is 306 Å². The van der Waals surface area contributed by atoms with E-state index in [1.807, 2.05) is 0 Å². The molecule has 34 heteroatoms. The maximum atomic E-state index is 15.4. The van der Waals surface area contributed by atoms with Crippen molar-refractivity contribution in [3.63, 3.8) is 0 Å². The van der Waals surface area contributed by atoms with Crippen molar-refractivity contribution in [1.29, 1.82) is 0 Å². The molecule has 752 valence electrons. The van der Waals surface area contributed by atoms with Gasteiger partial charge in [0.25, 0.3) is 5.91 Å². The molecule has 2 N–H and O–H groups in total. The Labute approximate surface area is 827 Å². The van der Waals surface area contributed by atoms with E-state index >= 15 is 13.2 Å². The van der Waals surface area contributed by atoms with E-state index in [9.17, 15) is 46.7 Å². The number of pyridine rings is 3. The molecule has 0 unspecified atom stereocenters. The SMILES string of the molecule is COc1cc2c(Oc3ccc(CC(=O)C4(C(=O)Cc5ccc(F)cc5)CC4)cc3F)ccnc2cc1OCCN1CC(N2CCOCC2)C1.COc1cc2c(Oc3ccc(CC(=O)C4(C(=O)Cc5ccc(F)cc5)CC4)cc3F)ccnc2cc1OCCNN1CCOCC1=O.COc1cc2c(Oc3ccc(CC(=O)C4(C(=O)Cc5ccc(F)cc5)CCC4)cc3F)ccnc2cc1OCCCNN1CCOCC1. The molecular weight excluding hydrogens is 1870 g/mol. The second-order valence-electron chi connectivity index (χ2n) is 36.6. The number of benzene rings is 9. The van der Waals surface area contributed by atoms with Crippen LogP contribution in [0.1, 0.15) is 84.7 Å². The molecule has 4 aliphatic heterocycles. The summed E-state index contributed by atoms with van der Waals surface area (Å²) < 4.78 is 155. The van der Waals surface area contributed by atoms with E-state index in [1.54, 1.807) is 124 Å². The number of hydrogen-bond donors (Lipinski definition) is 2. The smallest absolute Gasteiger partial charge is 0.262 e. The van der Waals surface area contributed by atoms with Gasteiger partial charge in [0.1, 0.15) is 54.5 Å². The summed E-state index contributed by atoms with van der Waals surface area (Å²) in [4.78, 5) is 109. The number of ketones is 6. The highest BCUT2D eigenvalue weighted by Gasteiger charge is 2.56. The van der Waals surface area contributed by atoms with E-state index in [2.05, 4.69) is 40.6 Å². The van der Waals surface area contributed by atoms with Crippen LogP contribution in [0, 0.1) is 51.1 Å². The predicted octanol–water partition coefficient (Wildman–Crippen LogP) is 16.2. The van der Waals surface area contributed by atoms with Gasteiger partial charge in [0, 0.05) is 156 Å². The first-order chi connectivity index (χ1) is 69.9. The van der Waals surface area contributed by atoms with Gasteiger partial charge >= 0.3 is 0 Å². The lowest BCUT2D eigenvalue weighted by atomic mass is 9.61. The Kier molecular flexibility index (Phi) is 33.0. The predicted molar refractivity (Wildman–Crippen MR) is 520 cm³/mol. The van der Waals surface area contributed by atoms with Gasteiger partial charge in [-0.15, -0.1) is 0 Å². The minimum absolute atomic E-state index is 0.0126. The third-order valence-electron chi connectivity index (χ3n) is 27.2. The van der Waals surface area contributed by atoms with Gasteiger partial charge in [-0.05, 0) is 188 Å². The fourth-order valence-corrected chi connectivity index (χ4v) is 18.3. The van der Waals surface area contributed by atoms with Crippen molar-refractivity contribution in [3.8, 4) is 69.0 Å². The molecule has 7 aliphatic rings. The highest BCUT2D eigenvalue weighted by molar-refractivity contribution is 6.12. The Morgan fingerprint density at radius 1 is 0.368 bits per heavy atom. The second kappa shape index (κ2) is 46.7. The fraction of sp³-hybridized carbons (Fsp3) is 0.364. The number of amides is 1. The van der Waals surface area contributed by atoms with Gasteiger partial charge < -0.3 is 56.8 Å². The quantitative estimate of drug-likeness (QED) is 0.0204. The molecule has 3 saturated carbocycles. The number of aromatic nitrogens is 3. The third kappa shape index (κ3) is 24.8. The Morgan fingerprint density at radius 2 is 0.722 bits per heavy atom.